The molecule has 0 saturated carbocycles. The molecule has 0 amide bonds. The summed E-state index contributed by atoms with van der Waals surface area (Å²) in [5.74, 6) is 0.441. The highest BCUT2D eigenvalue weighted by Gasteiger charge is 2.23. The van der Waals surface area contributed by atoms with Gasteiger partial charge in [-0.3, -0.25) is 0 Å². The maximum absolute atomic E-state index is 5.80. The predicted octanol–water partition coefficient (Wildman–Crippen LogP) is -0.213. The number of nitrogens with two attached hydrogens (primary N) is 1. The van der Waals surface area contributed by atoms with Gasteiger partial charge < -0.3 is 5.73 Å². The summed E-state index contributed by atoms with van der Waals surface area (Å²) in [6.45, 7) is 2.34. The van der Waals surface area contributed by atoms with Crippen LogP contribution in [0.15, 0.2) is 0 Å². The number of nitrogens with zero attached hydrogens (tertiary/aromatic N) is 1. The summed E-state index contributed by atoms with van der Waals surface area (Å²) < 4.78 is 0. The van der Waals surface area contributed by atoms with Crippen LogP contribution < -0.4 is 11.1 Å². The molecular weight excluding hydrogens is 124 g/mol. The van der Waals surface area contributed by atoms with Gasteiger partial charge in [-0.1, -0.05) is 0 Å². The van der Waals surface area contributed by atoms with E-state index in [1.165, 1.54) is 0 Å². The van der Waals surface area contributed by atoms with Crippen LogP contribution in [0.3, 0.4) is 0 Å². The normalized spacial score (nSPS) is 38.2. The lowest BCUT2D eigenvalue weighted by Gasteiger charge is -2.06. The number of hydrogen-bond donors (Lipinski definition) is 1. The molecule has 1 aliphatic heterocycles. The van der Waals surface area contributed by atoms with Gasteiger partial charge in [0.1, 0.15) is 0 Å². The zero-order valence-corrected chi connectivity index (χ0v) is 5.43. The highest BCUT2D eigenvalue weighted by atomic mass is 35.5. The molecule has 1 aliphatic rings. The average molecular weight is 134 g/mol. The van der Waals surface area contributed by atoms with Crippen LogP contribution in [-0.4, -0.2) is 25.0 Å². The lowest BCUT2D eigenvalue weighted by molar-refractivity contribution is 0.600. The van der Waals surface area contributed by atoms with Gasteiger partial charge in [-0.05, 0) is 6.54 Å². The van der Waals surface area contributed by atoms with Gasteiger partial charge in [-0.25, -0.2) is 5.32 Å². The first-order valence-corrected chi connectivity index (χ1v) is 3.25. The van der Waals surface area contributed by atoms with Crippen LogP contribution >= 0.6 is 11.6 Å². The monoisotopic (exact) mass is 133 g/mol. The van der Waals surface area contributed by atoms with Crippen molar-refractivity contribution in [1.29, 1.82) is 0 Å². The van der Waals surface area contributed by atoms with Crippen molar-refractivity contribution in [2.75, 3.05) is 19.6 Å². The van der Waals surface area contributed by atoms with E-state index in [1.54, 1.807) is 0 Å². The second-order valence-corrected chi connectivity index (χ2v) is 2.66. The molecule has 0 aromatic carbocycles. The van der Waals surface area contributed by atoms with Crippen LogP contribution in [0.5, 0.6) is 0 Å². The van der Waals surface area contributed by atoms with Gasteiger partial charge >= 0.3 is 0 Å². The molecule has 2 atom stereocenters. The minimum atomic E-state index is 0.208. The largest absolute Gasteiger partial charge is 0.330 e. The third-order valence-corrected chi connectivity index (χ3v) is 1.98. The van der Waals surface area contributed by atoms with Crippen molar-refractivity contribution in [2.24, 2.45) is 11.7 Å². The first-order chi connectivity index (χ1) is 3.84. The summed E-state index contributed by atoms with van der Waals surface area (Å²) in [6.07, 6.45) is 0. The zero-order valence-electron chi connectivity index (χ0n) is 4.68. The molecule has 3 heteroatoms. The van der Waals surface area contributed by atoms with Crippen molar-refractivity contribution in [2.45, 2.75) is 5.38 Å². The van der Waals surface area contributed by atoms with Gasteiger partial charge in [0.2, 0.25) is 0 Å². The molecule has 2 nitrogen and oxygen atoms in total. The van der Waals surface area contributed by atoms with E-state index >= 15 is 0 Å². The minimum absolute atomic E-state index is 0.208. The summed E-state index contributed by atoms with van der Waals surface area (Å²) >= 11 is 5.80. The summed E-state index contributed by atoms with van der Waals surface area (Å²) in [4.78, 5) is 0. The molecule has 1 fully saturated rings. The fourth-order valence-corrected chi connectivity index (χ4v) is 1.13. The third-order valence-electron chi connectivity index (χ3n) is 1.48. The van der Waals surface area contributed by atoms with E-state index in [0.717, 1.165) is 13.1 Å². The summed E-state index contributed by atoms with van der Waals surface area (Å²) in [6, 6.07) is 0. The second-order valence-electron chi connectivity index (χ2n) is 2.10. The van der Waals surface area contributed by atoms with Gasteiger partial charge in [-0.2, -0.15) is 0 Å². The predicted molar refractivity (Wildman–Crippen MR) is 34.1 cm³/mol. The molecule has 2 N–H and O–H groups in total. The minimum Gasteiger partial charge on any atom is -0.330 e. The lowest BCUT2D eigenvalue weighted by atomic mass is 10.1. The Balaban J connectivity index is 2.30. The number of rotatable bonds is 1. The summed E-state index contributed by atoms with van der Waals surface area (Å²) in [5.41, 5.74) is 5.38. The Hall–Kier alpha value is 0.210. The molecule has 1 rings (SSSR count). The van der Waals surface area contributed by atoms with Crippen LogP contribution in [0.2, 0.25) is 0 Å². The lowest BCUT2D eigenvalue weighted by Crippen LogP contribution is -2.21. The van der Waals surface area contributed by atoms with E-state index in [4.69, 9.17) is 17.3 Å². The number of halogens is 1. The molecule has 1 radical (unpaired) electrons. The van der Waals surface area contributed by atoms with Gasteiger partial charge in [0, 0.05) is 19.0 Å². The standard InChI is InChI=1S/C5H10ClN2/c6-5-3-8-2-4(5)1-7/h4-5H,1-3,7H2/t4-,5+/m0/s1. The Morgan fingerprint density at radius 2 is 2.38 bits per heavy atom. The first-order valence-electron chi connectivity index (χ1n) is 2.82. The topological polar surface area (TPSA) is 40.1 Å². The summed E-state index contributed by atoms with van der Waals surface area (Å²) in [5, 5.41) is 4.31. The Bertz CT molecular complexity index is 76.8. The van der Waals surface area contributed by atoms with E-state index in [9.17, 15) is 0 Å². The summed E-state index contributed by atoms with van der Waals surface area (Å²) in [7, 11) is 0. The van der Waals surface area contributed by atoms with E-state index in [2.05, 4.69) is 5.32 Å². The molecule has 0 bridgehead atoms. The van der Waals surface area contributed by atoms with Gasteiger partial charge in [0.15, 0.2) is 0 Å². The van der Waals surface area contributed by atoms with Crippen LogP contribution in [0.4, 0.5) is 0 Å². The van der Waals surface area contributed by atoms with Crippen molar-refractivity contribution < 1.29 is 0 Å². The van der Waals surface area contributed by atoms with Crippen molar-refractivity contribution in [3.05, 3.63) is 0 Å². The quantitative estimate of drug-likeness (QED) is 0.494. The number of hydrogen-bond acceptors (Lipinski definition) is 1. The molecule has 47 valence electrons. The van der Waals surface area contributed by atoms with E-state index in [1.807, 2.05) is 0 Å². The van der Waals surface area contributed by atoms with Gasteiger partial charge in [0.25, 0.3) is 0 Å². The van der Waals surface area contributed by atoms with Crippen molar-refractivity contribution in [3.63, 3.8) is 0 Å². The van der Waals surface area contributed by atoms with E-state index in [0.29, 0.717) is 12.5 Å². The molecule has 0 aliphatic carbocycles. The fourth-order valence-electron chi connectivity index (χ4n) is 0.849. The van der Waals surface area contributed by atoms with Crippen LogP contribution in [0, 0.1) is 5.92 Å². The van der Waals surface area contributed by atoms with Gasteiger partial charge in [0.05, 0.1) is 5.38 Å². The zero-order chi connectivity index (χ0) is 5.98. The van der Waals surface area contributed by atoms with Crippen LogP contribution in [0.1, 0.15) is 0 Å². The maximum atomic E-state index is 5.80. The Kier molecular flexibility index (Phi) is 2.11. The van der Waals surface area contributed by atoms with Crippen LogP contribution in [0.25, 0.3) is 0 Å². The van der Waals surface area contributed by atoms with Crippen LogP contribution in [-0.2, 0) is 0 Å². The molecule has 0 aromatic rings. The molecule has 0 spiro atoms. The van der Waals surface area contributed by atoms with Crippen molar-refractivity contribution in [1.82, 2.24) is 5.32 Å². The Morgan fingerprint density at radius 3 is 2.62 bits per heavy atom. The SMILES string of the molecule is NC[C@H]1C[N]C[C@H]1Cl. The Morgan fingerprint density at radius 1 is 1.62 bits per heavy atom. The van der Waals surface area contributed by atoms with Crippen molar-refractivity contribution >= 4 is 11.6 Å². The molecule has 1 saturated heterocycles. The third kappa shape index (κ3) is 1.13. The molecule has 8 heavy (non-hydrogen) atoms. The number of alkyl halides is 1. The first kappa shape index (κ1) is 6.33. The molecule has 1 heterocycles. The molecular formula is C5H10ClN2. The highest BCUT2D eigenvalue weighted by molar-refractivity contribution is 6.21. The van der Waals surface area contributed by atoms with Crippen molar-refractivity contribution in [3.8, 4) is 0 Å². The second kappa shape index (κ2) is 2.67. The smallest absolute Gasteiger partial charge is 0.0530 e. The molecule has 0 unspecified atom stereocenters. The fraction of sp³-hybridized carbons (Fsp3) is 1.00. The Labute approximate surface area is 54.4 Å². The molecule has 0 aromatic heterocycles. The average Bonchev–Trinajstić information content (AvgIpc) is 2.14. The highest BCUT2D eigenvalue weighted by Crippen LogP contribution is 2.13. The van der Waals surface area contributed by atoms with E-state index < -0.39 is 0 Å². The maximum Gasteiger partial charge on any atom is 0.0530 e. The van der Waals surface area contributed by atoms with Gasteiger partial charge in [-0.15, -0.1) is 11.6 Å². The van der Waals surface area contributed by atoms with E-state index in [-0.39, 0.29) is 5.38 Å².